The molecule has 0 bridgehead atoms. The summed E-state index contributed by atoms with van der Waals surface area (Å²) in [6.45, 7) is 0.337. The number of halogens is 1. The lowest BCUT2D eigenvalue weighted by molar-refractivity contribution is -0.122. The van der Waals surface area contributed by atoms with Gasteiger partial charge in [-0.3, -0.25) is 14.9 Å². The third-order valence-corrected chi connectivity index (χ3v) is 6.48. The SMILES string of the molecule is COc1cc(/C=C2/C(=O)NC(=O)N(c3ccc(Br)cc3)C2=O)ccc1OCc1cccc2ccccc12. The average Bonchev–Trinajstić information content (AvgIpc) is 2.91. The summed E-state index contributed by atoms with van der Waals surface area (Å²) in [7, 11) is 1.52. The van der Waals surface area contributed by atoms with Crippen molar-refractivity contribution in [2.24, 2.45) is 0 Å². The fraction of sp³-hybridized carbons (Fsp3) is 0.0690. The van der Waals surface area contributed by atoms with Gasteiger partial charge in [-0.2, -0.15) is 0 Å². The Kier molecular flexibility index (Phi) is 6.74. The molecule has 4 aromatic rings. The van der Waals surface area contributed by atoms with Crippen molar-refractivity contribution in [2.45, 2.75) is 6.61 Å². The van der Waals surface area contributed by atoms with Crippen LogP contribution in [0.2, 0.25) is 0 Å². The molecule has 184 valence electrons. The highest BCUT2D eigenvalue weighted by Gasteiger charge is 2.36. The van der Waals surface area contributed by atoms with Gasteiger partial charge in [0.25, 0.3) is 11.8 Å². The van der Waals surface area contributed by atoms with E-state index in [0.29, 0.717) is 29.4 Å². The molecule has 7 nitrogen and oxygen atoms in total. The van der Waals surface area contributed by atoms with Crippen LogP contribution in [0.1, 0.15) is 11.1 Å². The number of carbonyl (C=O) groups is 3. The Hall–Kier alpha value is -4.43. The first-order chi connectivity index (χ1) is 17.9. The summed E-state index contributed by atoms with van der Waals surface area (Å²) in [6.07, 6.45) is 1.42. The lowest BCUT2D eigenvalue weighted by Crippen LogP contribution is -2.54. The second kappa shape index (κ2) is 10.3. The van der Waals surface area contributed by atoms with Crippen LogP contribution in [-0.4, -0.2) is 25.0 Å². The van der Waals surface area contributed by atoms with E-state index < -0.39 is 17.8 Å². The molecule has 1 aliphatic heterocycles. The van der Waals surface area contributed by atoms with Gasteiger partial charge in [0.2, 0.25) is 0 Å². The number of urea groups is 1. The maximum absolute atomic E-state index is 13.1. The van der Waals surface area contributed by atoms with Crippen LogP contribution in [0.15, 0.2) is 95.0 Å². The molecule has 37 heavy (non-hydrogen) atoms. The van der Waals surface area contributed by atoms with Crippen LogP contribution in [0, 0.1) is 0 Å². The number of rotatable bonds is 6. The number of hydrogen-bond acceptors (Lipinski definition) is 5. The number of imide groups is 2. The topological polar surface area (TPSA) is 84.9 Å². The average molecular weight is 557 g/mol. The number of hydrogen-bond donors (Lipinski definition) is 1. The molecule has 1 saturated heterocycles. The first-order valence-corrected chi connectivity index (χ1v) is 12.2. The van der Waals surface area contributed by atoms with Crippen LogP contribution < -0.4 is 19.7 Å². The Morgan fingerprint density at radius 1 is 0.892 bits per heavy atom. The minimum Gasteiger partial charge on any atom is -0.493 e. The number of ether oxygens (including phenoxy) is 2. The zero-order valence-corrected chi connectivity index (χ0v) is 21.3. The highest BCUT2D eigenvalue weighted by Crippen LogP contribution is 2.31. The van der Waals surface area contributed by atoms with E-state index in [0.717, 1.165) is 25.7 Å². The minimum atomic E-state index is -0.802. The van der Waals surface area contributed by atoms with Gasteiger partial charge >= 0.3 is 6.03 Å². The van der Waals surface area contributed by atoms with Crippen molar-refractivity contribution in [1.82, 2.24) is 5.32 Å². The molecule has 0 saturated carbocycles. The number of nitrogens with one attached hydrogen (secondary N) is 1. The molecule has 4 aromatic carbocycles. The van der Waals surface area contributed by atoms with Gasteiger partial charge in [0.05, 0.1) is 12.8 Å². The Bertz CT molecular complexity index is 1560. The summed E-state index contributed by atoms with van der Waals surface area (Å²) >= 11 is 3.33. The lowest BCUT2D eigenvalue weighted by Gasteiger charge is -2.26. The molecule has 0 radical (unpaired) electrons. The van der Waals surface area contributed by atoms with Gasteiger partial charge in [-0.25, -0.2) is 9.69 Å². The van der Waals surface area contributed by atoms with Crippen LogP contribution in [0.25, 0.3) is 16.8 Å². The largest absolute Gasteiger partial charge is 0.493 e. The molecule has 0 unspecified atom stereocenters. The minimum absolute atomic E-state index is 0.172. The monoisotopic (exact) mass is 556 g/mol. The Morgan fingerprint density at radius 2 is 1.65 bits per heavy atom. The van der Waals surface area contributed by atoms with E-state index in [9.17, 15) is 14.4 Å². The van der Waals surface area contributed by atoms with E-state index >= 15 is 0 Å². The number of benzene rings is 4. The van der Waals surface area contributed by atoms with Crippen LogP contribution in [0.4, 0.5) is 10.5 Å². The molecule has 0 aliphatic carbocycles. The number of amides is 4. The van der Waals surface area contributed by atoms with Crippen molar-refractivity contribution in [1.29, 1.82) is 0 Å². The molecule has 1 aliphatic rings. The smallest absolute Gasteiger partial charge is 0.335 e. The van der Waals surface area contributed by atoms with Crippen LogP contribution in [-0.2, 0) is 16.2 Å². The van der Waals surface area contributed by atoms with Crippen molar-refractivity contribution in [3.8, 4) is 11.5 Å². The number of carbonyl (C=O) groups excluding carboxylic acids is 3. The molecule has 0 atom stereocenters. The third-order valence-electron chi connectivity index (χ3n) is 5.95. The zero-order chi connectivity index (χ0) is 25.9. The van der Waals surface area contributed by atoms with Gasteiger partial charge in [0.1, 0.15) is 12.2 Å². The van der Waals surface area contributed by atoms with Crippen molar-refractivity contribution >= 4 is 56.3 Å². The van der Waals surface area contributed by atoms with Crippen molar-refractivity contribution in [3.05, 3.63) is 106 Å². The predicted octanol–water partition coefficient (Wildman–Crippen LogP) is 5.86. The Balaban J connectivity index is 1.40. The van der Waals surface area contributed by atoms with Crippen molar-refractivity contribution < 1.29 is 23.9 Å². The normalized spacial score (nSPS) is 14.7. The fourth-order valence-electron chi connectivity index (χ4n) is 4.12. The lowest BCUT2D eigenvalue weighted by atomic mass is 10.1. The van der Waals surface area contributed by atoms with Gasteiger partial charge in [-0.1, -0.05) is 64.5 Å². The van der Waals surface area contributed by atoms with Gasteiger partial charge in [-0.15, -0.1) is 0 Å². The summed E-state index contributed by atoms with van der Waals surface area (Å²) in [6, 6.07) is 25.1. The molecule has 0 aromatic heterocycles. The van der Waals surface area contributed by atoms with Crippen LogP contribution >= 0.6 is 15.9 Å². The molecule has 0 spiro atoms. The van der Waals surface area contributed by atoms with E-state index in [1.165, 1.54) is 13.2 Å². The first-order valence-electron chi connectivity index (χ1n) is 11.4. The first kappa shape index (κ1) is 24.3. The Labute approximate surface area is 221 Å². The highest BCUT2D eigenvalue weighted by molar-refractivity contribution is 9.10. The Morgan fingerprint density at radius 3 is 2.43 bits per heavy atom. The summed E-state index contributed by atoms with van der Waals surface area (Å²) in [4.78, 5) is 39.0. The maximum atomic E-state index is 13.1. The molecular weight excluding hydrogens is 536 g/mol. The molecule has 8 heteroatoms. The zero-order valence-electron chi connectivity index (χ0n) is 19.7. The molecule has 4 amide bonds. The van der Waals surface area contributed by atoms with E-state index in [-0.39, 0.29) is 5.57 Å². The number of anilines is 1. The second-order valence-corrected chi connectivity index (χ2v) is 9.19. The van der Waals surface area contributed by atoms with E-state index in [1.807, 2.05) is 24.3 Å². The summed E-state index contributed by atoms with van der Waals surface area (Å²) < 4.78 is 12.4. The summed E-state index contributed by atoms with van der Waals surface area (Å²) in [5, 5.41) is 4.46. The molecule has 1 heterocycles. The maximum Gasteiger partial charge on any atom is 0.335 e. The van der Waals surface area contributed by atoms with Crippen molar-refractivity contribution in [3.63, 3.8) is 0 Å². The van der Waals surface area contributed by atoms with Crippen molar-refractivity contribution in [2.75, 3.05) is 12.0 Å². The predicted molar refractivity (Wildman–Crippen MR) is 144 cm³/mol. The molecule has 5 rings (SSSR count). The third kappa shape index (κ3) is 4.96. The van der Waals surface area contributed by atoms with Gasteiger partial charge in [0.15, 0.2) is 11.5 Å². The van der Waals surface area contributed by atoms with Gasteiger partial charge in [-0.05, 0) is 64.4 Å². The van der Waals surface area contributed by atoms with E-state index in [1.54, 1.807) is 42.5 Å². The molecular formula is C29H21BrN2O5. The van der Waals surface area contributed by atoms with Gasteiger partial charge < -0.3 is 9.47 Å². The molecule has 1 fully saturated rings. The summed E-state index contributed by atoms with van der Waals surface area (Å²) in [5.74, 6) is -0.521. The number of fused-ring (bicyclic) bond motifs is 1. The number of nitrogens with zero attached hydrogens (tertiary/aromatic N) is 1. The van der Waals surface area contributed by atoms with E-state index in [4.69, 9.17) is 9.47 Å². The standard InChI is InChI=1S/C29H21BrN2O5/c1-36-26-16-18(9-14-25(26)37-17-20-7-4-6-19-5-2-3-8-23(19)20)15-24-27(33)31-29(35)32(28(24)34)22-12-10-21(30)11-13-22/h2-16H,17H2,1H3,(H,31,33,35)/b24-15-. The fourth-order valence-corrected chi connectivity index (χ4v) is 4.38. The highest BCUT2D eigenvalue weighted by atomic mass is 79.9. The second-order valence-electron chi connectivity index (χ2n) is 8.27. The van der Waals surface area contributed by atoms with Crippen LogP contribution in [0.5, 0.6) is 11.5 Å². The van der Waals surface area contributed by atoms with Gasteiger partial charge in [0, 0.05) is 4.47 Å². The summed E-state index contributed by atoms with van der Waals surface area (Å²) in [5.41, 5.74) is 1.75. The molecule has 1 N–H and O–H groups in total. The van der Waals surface area contributed by atoms with E-state index in [2.05, 4.69) is 39.4 Å². The number of methoxy groups -OCH3 is 1. The number of barbiturate groups is 1. The quantitative estimate of drug-likeness (QED) is 0.237. The van der Waals surface area contributed by atoms with Crippen LogP contribution in [0.3, 0.4) is 0 Å².